The molecule has 0 bridgehead atoms. The van der Waals surface area contributed by atoms with E-state index in [0.29, 0.717) is 0 Å². The van der Waals surface area contributed by atoms with Crippen LogP contribution in [-0.4, -0.2) is 36.7 Å². The van der Waals surface area contributed by atoms with Crippen LogP contribution in [0.25, 0.3) is 0 Å². The van der Waals surface area contributed by atoms with Gasteiger partial charge in [0.05, 0.1) is 0 Å². The molecule has 1 saturated carbocycles. The third-order valence-corrected chi connectivity index (χ3v) is 4.34. The topological polar surface area (TPSA) is 24.1 Å². The van der Waals surface area contributed by atoms with Crippen LogP contribution in [0.3, 0.4) is 0 Å². The van der Waals surface area contributed by atoms with Crippen molar-refractivity contribution in [2.75, 3.05) is 24.6 Å². The second-order valence-electron chi connectivity index (χ2n) is 4.53. The maximum Gasteiger partial charge on any atom is 0.0283 e. The van der Waals surface area contributed by atoms with E-state index in [9.17, 15) is 0 Å². The van der Waals surface area contributed by atoms with E-state index in [0.717, 1.165) is 18.0 Å². The molecule has 1 heterocycles. The molecule has 1 aliphatic carbocycles. The normalized spacial score (nSPS) is 37.1. The molecule has 0 aromatic carbocycles. The fourth-order valence-corrected chi connectivity index (χ4v) is 3.18. The van der Waals surface area contributed by atoms with Crippen LogP contribution in [0, 0.1) is 5.92 Å². The summed E-state index contributed by atoms with van der Waals surface area (Å²) in [6.45, 7) is 4.66. The first kappa shape index (κ1) is 10.8. The molecule has 0 radical (unpaired) electrons. The highest BCUT2D eigenvalue weighted by molar-refractivity contribution is 7.99. The van der Waals surface area contributed by atoms with Crippen molar-refractivity contribution in [1.29, 1.82) is 0 Å². The molecule has 82 valence electrons. The van der Waals surface area contributed by atoms with E-state index in [4.69, 9.17) is 0 Å². The summed E-state index contributed by atoms with van der Waals surface area (Å²) in [7, 11) is 0. The molecular weight excluding hydrogens is 192 g/mol. The summed E-state index contributed by atoms with van der Waals surface area (Å²) in [5.74, 6) is 3.58. The van der Waals surface area contributed by atoms with Crippen LogP contribution >= 0.6 is 11.8 Å². The van der Waals surface area contributed by atoms with Crippen LogP contribution in [0.1, 0.15) is 26.2 Å². The Kier molecular flexibility index (Phi) is 4.14. The number of hydrogen-bond donors (Lipinski definition) is 2. The van der Waals surface area contributed by atoms with E-state index in [1.165, 1.54) is 43.9 Å². The Morgan fingerprint density at radius 3 is 3.14 bits per heavy atom. The Bertz CT molecular complexity index is 169. The van der Waals surface area contributed by atoms with E-state index in [2.05, 4.69) is 29.3 Å². The minimum atomic E-state index is 0.719. The molecule has 0 aromatic heterocycles. The molecule has 1 aliphatic heterocycles. The Balaban J connectivity index is 1.54. The molecule has 0 spiro atoms. The second-order valence-corrected chi connectivity index (χ2v) is 5.67. The van der Waals surface area contributed by atoms with E-state index >= 15 is 0 Å². The highest BCUT2D eigenvalue weighted by Gasteiger charge is 2.35. The lowest BCUT2D eigenvalue weighted by molar-refractivity contribution is 0.497. The smallest absolute Gasteiger partial charge is 0.0283 e. The van der Waals surface area contributed by atoms with Crippen molar-refractivity contribution in [3.8, 4) is 0 Å². The van der Waals surface area contributed by atoms with E-state index in [-0.39, 0.29) is 0 Å². The van der Waals surface area contributed by atoms with Crippen molar-refractivity contribution in [2.45, 2.75) is 38.3 Å². The van der Waals surface area contributed by atoms with Gasteiger partial charge in [0.1, 0.15) is 0 Å². The van der Waals surface area contributed by atoms with E-state index < -0.39 is 0 Å². The average molecular weight is 214 g/mol. The zero-order valence-electron chi connectivity index (χ0n) is 9.09. The molecule has 14 heavy (non-hydrogen) atoms. The zero-order chi connectivity index (χ0) is 9.80. The molecule has 3 heteroatoms. The molecule has 3 atom stereocenters. The molecule has 2 nitrogen and oxygen atoms in total. The van der Waals surface area contributed by atoms with Crippen LogP contribution in [0.4, 0.5) is 0 Å². The maximum atomic E-state index is 3.69. The lowest BCUT2D eigenvalue weighted by Crippen LogP contribution is -2.45. The quantitative estimate of drug-likeness (QED) is 0.725. The Morgan fingerprint density at radius 1 is 1.50 bits per heavy atom. The molecule has 1 saturated heterocycles. The summed E-state index contributed by atoms with van der Waals surface area (Å²) in [6.07, 6.45) is 4.19. The van der Waals surface area contributed by atoms with Gasteiger partial charge in [-0.3, -0.25) is 0 Å². The Morgan fingerprint density at radius 2 is 2.43 bits per heavy atom. The number of rotatable bonds is 5. The maximum absolute atomic E-state index is 3.69. The van der Waals surface area contributed by atoms with Gasteiger partial charge in [-0.05, 0) is 18.8 Å². The lowest BCUT2D eigenvalue weighted by atomic mass is 10.2. The van der Waals surface area contributed by atoms with Crippen molar-refractivity contribution < 1.29 is 0 Å². The first-order chi connectivity index (χ1) is 6.90. The number of thioether (sulfide) groups is 1. The predicted molar refractivity (Wildman–Crippen MR) is 63.9 cm³/mol. The summed E-state index contributed by atoms with van der Waals surface area (Å²) >= 11 is 2.08. The van der Waals surface area contributed by atoms with Gasteiger partial charge in [0.15, 0.2) is 0 Å². The van der Waals surface area contributed by atoms with E-state index in [1.54, 1.807) is 0 Å². The molecule has 2 aliphatic rings. The number of nitrogens with one attached hydrogen (secondary N) is 2. The number of hydrogen-bond acceptors (Lipinski definition) is 3. The predicted octanol–water partition coefficient (Wildman–Crippen LogP) is 1.47. The summed E-state index contributed by atoms with van der Waals surface area (Å²) in [4.78, 5) is 0. The van der Waals surface area contributed by atoms with E-state index in [1.807, 2.05) is 0 Å². The monoisotopic (exact) mass is 214 g/mol. The van der Waals surface area contributed by atoms with Gasteiger partial charge in [-0.1, -0.05) is 13.3 Å². The Hall–Kier alpha value is 0.270. The first-order valence-electron chi connectivity index (χ1n) is 5.94. The minimum absolute atomic E-state index is 0.719. The highest BCUT2D eigenvalue weighted by atomic mass is 32.2. The summed E-state index contributed by atoms with van der Waals surface area (Å²) in [5.41, 5.74) is 0. The standard InChI is InChI=1S/C11H22N2S/c1-2-3-9-6-11(9)13-7-10-8-14-5-4-12-10/h9-13H,2-8H2,1H3. The van der Waals surface area contributed by atoms with Gasteiger partial charge in [0.2, 0.25) is 0 Å². The summed E-state index contributed by atoms with van der Waals surface area (Å²) in [6, 6.07) is 1.57. The lowest BCUT2D eigenvalue weighted by Gasteiger charge is -2.23. The van der Waals surface area contributed by atoms with Gasteiger partial charge in [0, 0.05) is 36.7 Å². The fraction of sp³-hybridized carbons (Fsp3) is 1.00. The van der Waals surface area contributed by atoms with Gasteiger partial charge in [-0.2, -0.15) is 11.8 Å². The third kappa shape index (κ3) is 3.14. The molecule has 0 amide bonds. The second kappa shape index (κ2) is 5.38. The SMILES string of the molecule is CCCC1CC1NCC1CSCCN1. The van der Waals surface area contributed by atoms with Crippen molar-refractivity contribution in [1.82, 2.24) is 10.6 Å². The molecule has 0 aromatic rings. The van der Waals surface area contributed by atoms with Crippen molar-refractivity contribution in [2.24, 2.45) is 5.92 Å². The van der Waals surface area contributed by atoms with Crippen LogP contribution in [0.5, 0.6) is 0 Å². The average Bonchev–Trinajstić information content (AvgIpc) is 2.96. The third-order valence-electron chi connectivity index (χ3n) is 3.21. The fourth-order valence-electron chi connectivity index (χ4n) is 2.23. The van der Waals surface area contributed by atoms with Crippen molar-refractivity contribution in [3.05, 3.63) is 0 Å². The molecule has 2 fully saturated rings. The zero-order valence-corrected chi connectivity index (χ0v) is 9.91. The van der Waals surface area contributed by atoms with Gasteiger partial charge in [-0.25, -0.2) is 0 Å². The molecule has 2 N–H and O–H groups in total. The summed E-state index contributed by atoms with van der Waals surface area (Å²) < 4.78 is 0. The minimum Gasteiger partial charge on any atom is -0.312 e. The Labute approximate surface area is 91.6 Å². The molecule has 3 unspecified atom stereocenters. The van der Waals surface area contributed by atoms with Crippen LogP contribution in [0.15, 0.2) is 0 Å². The highest BCUT2D eigenvalue weighted by Crippen LogP contribution is 2.34. The molecular formula is C11H22N2S. The van der Waals surface area contributed by atoms with Crippen molar-refractivity contribution >= 4 is 11.8 Å². The largest absolute Gasteiger partial charge is 0.312 e. The molecule has 2 rings (SSSR count). The van der Waals surface area contributed by atoms with Gasteiger partial charge < -0.3 is 10.6 Å². The summed E-state index contributed by atoms with van der Waals surface area (Å²) in [5, 5.41) is 7.25. The van der Waals surface area contributed by atoms with Gasteiger partial charge in [0.25, 0.3) is 0 Å². The van der Waals surface area contributed by atoms with Crippen molar-refractivity contribution in [3.63, 3.8) is 0 Å². The van der Waals surface area contributed by atoms with Crippen LogP contribution in [-0.2, 0) is 0 Å². The van der Waals surface area contributed by atoms with Crippen LogP contribution in [0.2, 0.25) is 0 Å². The van der Waals surface area contributed by atoms with Gasteiger partial charge in [-0.15, -0.1) is 0 Å². The van der Waals surface area contributed by atoms with Crippen LogP contribution < -0.4 is 10.6 Å². The first-order valence-corrected chi connectivity index (χ1v) is 7.10. The van der Waals surface area contributed by atoms with Gasteiger partial charge >= 0.3 is 0 Å².